The van der Waals surface area contributed by atoms with Crippen LogP contribution in [0, 0.1) is 5.41 Å². The van der Waals surface area contributed by atoms with Gasteiger partial charge < -0.3 is 15.5 Å². The number of nitrogens with one attached hydrogen (secondary N) is 2. The van der Waals surface area contributed by atoms with Crippen molar-refractivity contribution >= 4 is 11.9 Å². The molecule has 1 spiro atoms. The number of rotatable bonds is 5. The largest absolute Gasteiger partial charge is 0.357 e. The van der Waals surface area contributed by atoms with Gasteiger partial charge in [0.2, 0.25) is 0 Å². The predicted molar refractivity (Wildman–Crippen MR) is 104 cm³/mol. The Balaban J connectivity index is 1.50. The number of carbonyl (C=O) groups excluding carboxylic acids is 1. The zero-order chi connectivity index (χ0) is 18.2. The highest BCUT2D eigenvalue weighted by molar-refractivity contribution is 5.93. The van der Waals surface area contributed by atoms with Crippen LogP contribution in [0.5, 0.6) is 0 Å². The van der Waals surface area contributed by atoms with E-state index in [1.807, 2.05) is 0 Å². The first-order valence-electron chi connectivity index (χ1n) is 9.94. The number of aromatic nitrogens is 1. The summed E-state index contributed by atoms with van der Waals surface area (Å²) < 4.78 is 0. The molecule has 2 N–H and O–H groups in total. The number of carbonyl (C=O) groups is 1. The molecule has 2 aliphatic rings. The van der Waals surface area contributed by atoms with E-state index in [0.717, 1.165) is 25.6 Å². The molecule has 1 aliphatic carbocycles. The lowest BCUT2D eigenvalue weighted by Gasteiger charge is -2.33. The number of hydrogen-bond acceptors (Lipinski definition) is 3. The van der Waals surface area contributed by atoms with Gasteiger partial charge in [0.1, 0.15) is 0 Å². The molecule has 6 heteroatoms. The Morgan fingerprint density at radius 3 is 2.85 bits per heavy atom. The van der Waals surface area contributed by atoms with Crippen LogP contribution in [0.4, 0.5) is 0 Å². The molecule has 1 aromatic heterocycles. The average Bonchev–Trinajstić information content (AvgIpc) is 3.08. The van der Waals surface area contributed by atoms with Crippen molar-refractivity contribution in [3.8, 4) is 0 Å². The predicted octanol–water partition coefficient (Wildman–Crippen LogP) is 2.43. The van der Waals surface area contributed by atoms with Crippen LogP contribution in [0.15, 0.2) is 29.5 Å². The van der Waals surface area contributed by atoms with E-state index < -0.39 is 0 Å². The van der Waals surface area contributed by atoms with Crippen LogP contribution in [0.1, 0.15) is 55.8 Å². The van der Waals surface area contributed by atoms with E-state index in [0.29, 0.717) is 24.1 Å². The second kappa shape index (κ2) is 9.01. The molecule has 1 amide bonds. The van der Waals surface area contributed by atoms with Gasteiger partial charge in [0.25, 0.3) is 5.91 Å². The first-order valence-corrected chi connectivity index (χ1v) is 9.94. The number of pyridine rings is 1. The normalized spacial score (nSPS) is 19.6. The minimum atomic E-state index is -0.0966. The summed E-state index contributed by atoms with van der Waals surface area (Å²) in [6.07, 6.45) is 11.4. The molecule has 3 rings (SSSR count). The zero-order valence-electron chi connectivity index (χ0n) is 15.8. The maximum Gasteiger partial charge on any atom is 0.252 e. The highest BCUT2D eigenvalue weighted by Crippen LogP contribution is 2.43. The van der Waals surface area contributed by atoms with Gasteiger partial charge in [-0.1, -0.05) is 19.3 Å². The number of amides is 1. The van der Waals surface area contributed by atoms with Gasteiger partial charge in [-0.25, -0.2) is 0 Å². The van der Waals surface area contributed by atoms with Crippen molar-refractivity contribution < 1.29 is 4.79 Å². The Bertz CT molecular complexity index is 610. The molecule has 2 fully saturated rings. The lowest BCUT2D eigenvalue weighted by atomic mass is 9.73. The molecule has 0 unspecified atom stereocenters. The molecule has 1 aromatic rings. The summed E-state index contributed by atoms with van der Waals surface area (Å²) in [5, 5.41) is 6.33. The van der Waals surface area contributed by atoms with Gasteiger partial charge in [-0.3, -0.25) is 14.8 Å². The zero-order valence-corrected chi connectivity index (χ0v) is 15.8. The molecule has 1 aliphatic heterocycles. The third-order valence-electron chi connectivity index (χ3n) is 5.57. The van der Waals surface area contributed by atoms with Crippen LogP contribution in [0.3, 0.4) is 0 Å². The second-order valence-electron chi connectivity index (χ2n) is 7.47. The van der Waals surface area contributed by atoms with E-state index in [9.17, 15) is 4.79 Å². The summed E-state index contributed by atoms with van der Waals surface area (Å²) in [5.41, 5.74) is 1.10. The molecule has 0 aromatic carbocycles. The van der Waals surface area contributed by atoms with E-state index in [-0.39, 0.29) is 5.91 Å². The number of nitrogens with zero attached hydrogens (tertiary/aromatic N) is 3. The molecule has 1 saturated heterocycles. The Morgan fingerprint density at radius 1 is 1.27 bits per heavy atom. The van der Waals surface area contributed by atoms with E-state index in [1.54, 1.807) is 24.5 Å². The Labute approximate surface area is 156 Å². The number of aliphatic imine (C=N–C) groups is 1. The molecule has 0 radical (unpaired) electrons. The minimum Gasteiger partial charge on any atom is -0.357 e. The van der Waals surface area contributed by atoms with Crippen molar-refractivity contribution in [1.82, 2.24) is 20.5 Å². The molecule has 26 heavy (non-hydrogen) atoms. The molecule has 1 saturated carbocycles. The Morgan fingerprint density at radius 2 is 2.12 bits per heavy atom. The van der Waals surface area contributed by atoms with Crippen molar-refractivity contribution in [3.63, 3.8) is 0 Å². The number of likely N-dealkylation sites (tertiary alicyclic amines) is 1. The van der Waals surface area contributed by atoms with Crippen molar-refractivity contribution in [3.05, 3.63) is 30.1 Å². The lowest BCUT2D eigenvalue weighted by Crippen LogP contribution is -2.42. The quantitative estimate of drug-likeness (QED) is 0.482. The average molecular weight is 358 g/mol. The standard InChI is InChI=1S/C20H31N5O/c1-2-22-19(25-14-10-20(16-25)8-4-3-5-9-20)24-13-12-23-18(26)17-7-6-11-21-15-17/h6-7,11,15H,2-5,8-10,12-14,16H2,1H3,(H,22,24)(H,23,26). The maximum absolute atomic E-state index is 12.0. The molecule has 2 heterocycles. The van der Waals surface area contributed by atoms with Crippen LogP contribution in [0.2, 0.25) is 0 Å². The van der Waals surface area contributed by atoms with E-state index >= 15 is 0 Å². The highest BCUT2D eigenvalue weighted by Gasteiger charge is 2.39. The Kier molecular flexibility index (Phi) is 6.47. The van der Waals surface area contributed by atoms with Gasteiger partial charge in [-0.2, -0.15) is 0 Å². The van der Waals surface area contributed by atoms with Gasteiger partial charge >= 0.3 is 0 Å². The monoisotopic (exact) mass is 357 g/mol. The van der Waals surface area contributed by atoms with E-state index in [1.165, 1.54) is 38.5 Å². The summed E-state index contributed by atoms with van der Waals surface area (Å²) in [6, 6.07) is 3.54. The molecule has 0 bridgehead atoms. The SMILES string of the molecule is CCNC(=NCCNC(=O)c1cccnc1)N1CCC2(CCCCC2)C1. The molecular formula is C20H31N5O. The molecule has 6 nitrogen and oxygen atoms in total. The van der Waals surface area contributed by atoms with Gasteiger partial charge in [-0.15, -0.1) is 0 Å². The fourth-order valence-electron chi connectivity index (χ4n) is 4.18. The maximum atomic E-state index is 12.0. The van der Waals surface area contributed by atoms with Crippen LogP contribution < -0.4 is 10.6 Å². The summed E-state index contributed by atoms with van der Waals surface area (Å²) in [6.45, 7) is 6.30. The first kappa shape index (κ1) is 18.7. The van der Waals surface area contributed by atoms with Gasteiger partial charge in [0, 0.05) is 38.6 Å². The summed E-state index contributed by atoms with van der Waals surface area (Å²) in [5.74, 6) is 0.895. The van der Waals surface area contributed by atoms with E-state index in [4.69, 9.17) is 4.99 Å². The summed E-state index contributed by atoms with van der Waals surface area (Å²) in [7, 11) is 0. The molecular weight excluding hydrogens is 326 g/mol. The van der Waals surface area contributed by atoms with Crippen LogP contribution in [-0.4, -0.2) is 54.5 Å². The fourth-order valence-corrected chi connectivity index (χ4v) is 4.18. The number of guanidine groups is 1. The molecule has 0 atom stereocenters. The smallest absolute Gasteiger partial charge is 0.252 e. The van der Waals surface area contributed by atoms with Crippen molar-refractivity contribution in [2.45, 2.75) is 45.4 Å². The molecule has 142 valence electrons. The van der Waals surface area contributed by atoms with E-state index in [2.05, 4.69) is 27.4 Å². The second-order valence-corrected chi connectivity index (χ2v) is 7.47. The highest BCUT2D eigenvalue weighted by atomic mass is 16.1. The van der Waals surface area contributed by atoms with Gasteiger partial charge in [0.05, 0.1) is 12.1 Å². The lowest BCUT2D eigenvalue weighted by molar-refractivity contribution is 0.0954. The summed E-state index contributed by atoms with van der Waals surface area (Å²) in [4.78, 5) is 23.2. The first-order chi connectivity index (χ1) is 12.7. The van der Waals surface area contributed by atoms with Gasteiger partial charge in [0.15, 0.2) is 5.96 Å². The summed E-state index contributed by atoms with van der Waals surface area (Å²) >= 11 is 0. The van der Waals surface area contributed by atoms with Crippen molar-refractivity contribution in [1.29, 1.82) is 0 Å². The van der Waals surface area contributed by atoms with Crippen molar-refractivity contribution in [2.75, 3.05) is 32.7 Å². The van der Waals surface area contributed by atoms with Crippen LogP contribution >= 0.6 is 0 Å². The fraction of sp³-hybridized carbons (Fsp3) is 0.650. The van der Waals surface area contributed by atoms with Crippen LogP contribution in [0.25, 0.3) is 0 Å². The third-order valence-corrected chi connectivity index (χ3v) is 5.57. The topological polar surface area (TPSA) is 69.6 Å². The minimum absolute atomic E-state index is 0.0966. The third kappa shape index (κ3) is 4.74. The van der Waals surface area contributed by atoms with Gasteiger partial charge in [-0.05, 0) is 43.7 Å². The van der Waals surface area contributed by atoms with Crippen LogP contribution in [-0.2, 0) is 0 Å². The van der Waals surface area contributed by atoms with Crippen molar-refractivity contribution in [2.24, 2.45) is 10.4 Å². The number of hydrogen-bond donors (Lipinski definition) is 2. The Hall–Kier alpha value is -2.11.